The fourth-order valence-corrected chi connectivity index (χ4v) is 3.48. The molecule has 0 aliphatic heterocycles. The van der Waals surface area contributed by atoms with Gasteiger partial charge in [-0.1, -0.05) is 59.6 Å². The number of rotatable bonds is 4. The minimum atomic E-state index is -0.420. The van der Waals surface area contributed by atoms with Crippen molar-refractivity contribution >= 4 is 34.8 Å². The van der Waals surface area contributed by atoms with E-state index in [4.69, 9.17) is 23.2 Å². The number of para-hydroxylation sites is 1. The highest BCUT2D eigenvalue weighted by atomic mass is 35.5. The maximum Gasteiger partial charge on any atom is 0.295 e. The molecule has 1 N–H and O–H groups in total. The first kappa shape index (κ1) is 20.1. The first-order valence-electron chi connectivity index (χ1n) is 9.29. The van der Waals surface area contributed by atoms with Crippen molar-refractivity contribution in [3.05, 3.63) is 93.7 Å². The van der Waals surface area contributed by atoms with Crippen molar-refractivity contribution in [2.75, 3.05) is 5.32 Å². The summed E-state index contributed by atoms with van der Waals surface area (Å²) in [6.45, 7) is 3.82. The van der Waals surface area contributed by atoms with Crippen molar-refractivity contribution in [1.29, 1.82) is 0 Å². The first-order chi connectivity index (χ1) is 14.4. The van der Waals surface area contributed by atoms with Crippen LogP contribution in [0.1, 0.15) is 21.7 Å². The molecule has 150 valence electrons. The molecule has 0 saturated heterocycles. The van der Waals surface area contributed by atoms with Crippen LogP contribution < -0.4 is 5.32 Å². The molecule has 0 fully saturated rings. The molecule has 0 spiro atoms. The average molecular weight is 437 g/mol. The normalized spacial score (nSPS) is 10.8. The third-order valence-corrected chi connectivity index (χ3v) is 5.40. The number of nitrogens with zero attached hydrogens (tertiary/aromatic N) is 3. The Bertz CT molecular complexity index is 1250. The molecule has 5 nitrogen and oxygen atoms in total. The van der Waals surface area contributed by atoms with E-state index in [-0.39, 0.29) is 5.82 Å². The minimum absolute atomic E-state index is 0.0487. The van der Waals surface area contributed by atoms with Gasteiger partial charge >= 0.3 is 0 Å². The summed E-state index contributed by atoms with van der Waals surface area (Å²) in [5.41, 5.74) is 3.99. The molecular weight excluding hydrogens is 419 g/mol. The molecule has 4 aromatic rings. The second kappa shape index (κ2) is 8.30. The van der Waals surface area contributed by atoms with Crippen LogP contribution in [0.3, 0.4) is 0 Å². The van der Waals surface area contributed by atoms with Gasteiger partial charge in [0.25, 0.3) is 5.91 Å². The lowest BCUT2D eigenvalue weighted by atomic mass is 10.2. The molecule has 0 aliphatic carbocycles. The number of nitrogens with one attached hydrogen (secondary N) is 1. The van der Waals surface area contributed by atoms with E-state index in [1.807, 2.05) is 50.2 Å². The van der Waals surface area contributed by atoms with Gasteiger partial charge in [0.15, 0.2) is 5.82 Å². The van der Waals surface area contributed by atoms with Crippen LogP contribution in [0.5, 0.6) is 0 Å². The molecule has 0 atom stereocenters. The standard InChI is InChI=1S/C23H18Cl2N4O/c1-14-7-3-4-12-20(14)29-22(16-8-5-9-17(24)13-16)27-21(28-29)23(30)26-19-11-6-10-18(25)15(19)2/h3-13H,1-2H3,(H,26,30). The fraction of sp³-hybridized carbons (Fsp3) is 0.0870. The number of hydrogen-bond acceptors (Lipinski definition) is 3. The monoisotopic (exact) mass is 436 g/mol. The summed E-state index contributed by atoms with van der Waals surface area (Å²) in [5, 5.41) is 8.51. The van der Waals surface area contributed by atoms with Crippen LogP contribution >= 0.6 is 23.2 Å². The van der Waals surface area contributed by atoms with Crippen LogP contribution in [-0.2, 0) is 0 Å². The minimum Gasteiger partial charge on any atom is -0.319 e. The summed E-state index contributed by atoms with van der Waals surface area (Å²) in [6, 6.07) is 20.4. The van der Waals surface area contributed by atoms with Crippen LogP contribution in [0.4, 0.5) is 5.69 Å². The van der Waals surface area contributed by atoms with E-state index in [0.29, 0.717) is 21.6 Å². The van der Waals surface area contributed by atoms with E-state index in [1.54, 1.807) is 35.0 Å². The fourth-order valence-electron chi connectivity index (χ4n) is 3.11. The number of carbonyl (C=O) groups is 1. The molecule has 0 aliphatic rings. The second-order valence-electron chi connectivity index (χ2n) is 6.83. The molecule has 0 bridgehead atoms. The molecule has 0 saturated carbocycles. The maximum atomic E-state index is 12.9. The summed E-state index contributed by atoms with van der Waals surface area (Å²) in [7, 11) is 0. The molecule has 7 heteroatoms. The first-order valence-corrected chi connectivity index (χ1v) is 10.0. The smallest absolute Gasteiger partial charge is 0.295 e. The van der Waals surface area contributed by atoms with Gasteiger partial charge in [-0.3, -0.25) is 4.79 Å². The lowest BCUT2D eigenvalue weighted by molar-refractivity contribution is 0.101. The lowest BCUT2D eigenvalue weighted by Gasteiger charge is -2.09. The van der Waals surface area contributed by atoms with Gasteiger partial charge < -0.3 is 5.32 Å². The summed E-state index contributed by atoms with van der Waals surface area (Å²) in [6.07, 6.45) is 0. The van der Waals surface area contributed by atoms with Gasteiger partial charge in [0.1, 0.15) is 0 Å². The molecule has 30 heavy (non-hydrogen) atoms. The van der Waals surface area contributed by atoms with Crippen molar-refractivity contribution in [3.63, 3.8) is 0 Å². The van der Waals surface area contributed by atoms with Gasteiger partial charge in [-0.25, -0.2) is 9.67 Å². The van der Waals surface area contributed by atoms with E-state index in [2.05, 4.69) is 15.4 Å². The topological polar surface area (TPSA) is 59.8 Å². The number of benzene rings is 3. The van der Waals surface area contributed by atoms with Gasteiger partial charge in [-0.15, -0.1) is 5.10 Å². The lowest BCUT2D eigenvalue weighted by Crippen LogP contribution is -2.15. The van der Waals surface area contributed by atoms with Gasteiger partial charge in [-0.05, 0) is 55.3 Å². The zero-order valence-electron chi connectivity index (χ0n) is 16.4. The molecule has 0 unspecified atom stereocenters. The number of aryl methyl sites for hydroxylation is 1. The Morgan fingerprint density at radius 3 is 2.50 bits per heavy atom. The quantitative estimate of drug-likeness (QED) is 0.419. The molecular formula is C23H18Cl2N4O. The highest BCUT2D eigenvalue weighted by Gasteiger charge is 2.20. The third kappa shape index (κ3) is 3.95. The number of anilines is 1. The van der Waals surface area contributed by atoms with Crippen LogP contribution in [-0.4, -0.2) is 20.7 Å². The van der Waals surface area contributed by atoms with Gasteiger partial charge in [-0.2, -0.15) is 0 Å². The van der Waals surface area contributed by atoms with Crippen molar-refractivity contribution in [2.24, 2.45) is 0 Å². The Balaban J connectivity index is 1.80. The van der Waals surface area contributed by atoms with E-state index in [0.717, 1.165) is 22.4 Å². The predicted octanol–water partition coefficient (Wildman–Crippen LogP) is 6.11. The molecule has 1 heterocycles. The zero-order valence-corrected chi connectivity index (χ0v) is 17.9. The third-order valence-electron chi connectivity index (χ3n) is 4.75. The van der Waals surface area contributed by atoms with E-state index >= 15 is 0 Å². The SMILES string of the molecule is Cc1ccccc1-n1nc(C(=O)Nc2cccc(Cl)c2C)nc1-c1cccc(Cl)c1. The van der Waals surface area contributed by atoms with Gasteiger partial charge in [0.2, 0.25) is 5.82 Å². The highest BCUT2D eigenvalue weighted by molar-refractivity contribution is 6.32. The summed E-state index contributed by atoms with van der Waals surface area (Å²) < 4.78 is 1.67. The van der Waals surface area contributed by atoms with Crippen LogP contribution in [0.15, 0.2) is 66.7 Å². The maximum absolute atomic E-state index is 12.9. The Morgan fingerprint density at radius 2 is 1.73 bits per heavy atom. The van der Waals surface area contributed by atoms with Crippen LogP contribution in [0, 0.1) is 13.8 Å². The number of aromatic nitrogens is 3. The van der Waals surface area contributed by atoms with Crippen molar-refractivity contribution in [1.82, 2.24) is 14.8 Å². The number of amides is 1. The Labute approximate surface area is 184 Å². The Morgan fingerprint density at radius 1 is 0.967 bits per heavy atom. The number of carbonyl (C=O) groups excluding carboxylic acids is 1. The summed E-state index contributed by atoms with van der Waals surface area (Å²) >= 11 is 12.3. The van der Waals surface area contributed by atoms with Crippen molar-refractivity contribution < 1.29 is 4.79 Å². The van der Waals surface area contributed by atoms with Crippen LogP contribution in [0.2, 0.25) is 10.0 Å². The van der Waals surface area contributed by atoms with E-state index < -0.39 is 5.91 Å². The largest absolute Gasteiger partial charge is 0.319 e. The van der Waals surface area contributed by atoms with Crippen LogP contribution in [0.25, 0.3) is 17.1 Å². The van der Waals surface area contributed by atoms with Gasteiger partial charge in [0, 0.05) is 21.3 Å². The summed E-state index contributed by atoms with van der Waals surface area (Å²) in [4.78, 5) is 17.5. The van der Waals surface area contributed by atoms with E-state index in [9.17, 15) is 4.79 Å². The average Bonchev–Trinajstić information content (AvgIpc) is 3.17. The molecule has 1 aromatic heterocycles. The van der Waals surface area contributed by atoms with Crippen molar-refractivity contribution in [3.8, 4) is 17.1 Å². The summed E-state index contributed by atoms with van der Waals surface area (Å²) in [5.74, 6) is 0.156. The second-order valence-corrected chi connectivity index (χ2v) is 7.68. The molecule has 0 radical (unpaired) electrons. The molecule has 1 amide bonds. The van der Waals surface area contributed by atoms with Gasteiger partial charge in [0.05, 0.1) is 5.69 Å². The predicted molar refractivity (Wildman–Crippen MR) is 121 cm³/mol. The van der Waals surface area contributed by atoms with Crippen molar-refractivity contribution in [2.45, 2.75) is 13.8 Å². The Kier molecular flexibility index (Phi) is 5.57. The number of hydrogen-bond donors (Lipinski definition) is 1. The highest BCUT2D eigenvalue weighted by Crippen LogP contribution is 2.27. The molecule has 3 aromatic carbocycles. The zero-order chi connectivity index (χ0) is 21.3. The molecule has 4 rings (SSSR count). The Hall–Kier alpha value is -3.15. The van der Waals surface area contributed by atoms with E-state index in [1.165, 1.54) is 0 Å². The number of halogens is 2.